The Kier molecular flexibility index (Phi) is 5.88. The third-order valence-electron chi connectivity index (χ3n) is 5.91. The highest BCUT2D eigenvalue weighted by molar-refractivity contribution is 7.98. The van der Waals surface area contributed by atoms with Crippen molar-refractivity contribution >= 4 is 28.9 Å². The van der Waals surface area contributed by atoms with Gasteiger partial charge in [0.15, 0.2) is 5.65 Å². The van der Waals surface area contributed by atoms with Crippen molar-refractivity contribution in [2.24, 2.45) is 0 Å². The molecule has 7 nitrogen and oxygen atoms in total. The van der Waals surface area contributed by atoms with Crippen molar-refractivity contribution in [1.82, 2.24) is 19.5 Å². The maximum absolute atomic E-state index is 9.81. The molecule has 0 amide bonds. The minimum absolute atomic E-state index is 0.0225. The van der Waals surface area contributed by atoms with E-state index in [2.05, 4.69) is 38.7 Å². The third-order valence-corrected chi connectivity index (χ3v) is 6.94. The number of imidazole rings is 1. The molecule has 158 valence electrons. The minimum Gasteiger partial charge on any atom is -0.394 e. The first-order valence-electron chi connectivity index (χ1n) is 10.7. The van der Waals surface area contributed by atoms with Gasteiger partial charge in [0.05, 0.1) is 19.0 Å². The fourth-order valence-corrected chi connectivity index (χ4v) is 5.20. The summed E-state index contributed by atoms with van der Waals surface area (Å²) in [4.78, 5) is 16.6. The second-order valence-corrected chi connectivity index (χ2v) is 8.88. The van der Waals surface area contributed by atoms with Crippen LogP contribution in [-0.2, 0) is 10.5 Å². The second kappa shape index (κ2) is 8.91. The molecular weight excluding hydrogens is 398 g/mol. The van der Waals surface area contributed by atoms with E-state index in [-0.39, 0.29) is 18.9 Å². The molecule has 30 heavy (non-hydrogen) atoms. The van der Waals surface area contributed by atoms with Gasteiger partial charge in [0, 0.05) is 18.9 Å². The first-order chi connectivity index (χ1) is 14.8. The lowest BCUT2D eigenvalue weighted by Gasteiger charge is -2.25. The van der Waals surface area contributed by atoms with Gasteiger partial charge in [-0.3, -0.25) is 4.57 Å². The van der Waals surface area contributed by atoms with Crippen molar-refractivity contribution < 1.29 is 9.84 Å². The van der Waals surface area contributed by atoms with Gasteiger partial charge in [0.25, 0.3) is 0 Å². The van der Waals surface area contributed by atoms with Gasteiger partial charge in [0.1, 0.15) is 16.8 Å². The van der Waals surface area contributed by atoms with E-state index in [0.29, 0.717) is 5.95 Å². The monoisotopic (exact) mass is 425 g/mol. The molecule has 1 aromatic carbocycles. The molecule has 3 aromatic rings. The number of anilines is 1. The zero-order valence-electron chi connectivity index (χ0n) is 17.0. The summed E-state index contributed by atoms with van der Waals surface area (Å²) in [6.45, 7) is 1.77. The van der Waals surface area contributed by atoms with E-state index in [1.54, 1.807) is 11.8 Å². The molecule has 0 bridgehead atoms. The van der Waals surface area contributed by atoms with Crippen LogP contribution in [0, 0.1) is 0 Å². The number of benzene rings is 1. The Morgan fingerprint density at radius 3 is 2.80 bits per heavy atom. The highest BCUT2D eigenvalue weighted by Crippen LogP contribution is 2.33. The Hall–Kier alpha value is -2.16. The minimum atomic E-state index is -0.0225. The van der Waals surface area contributed by atoms with Gasteiger partial charge in [-0.2, -0.15) is 4.98 Å². The topological polar surface area (TPSA) is 76.3 Å². The van der Waals surface area contributed by atoms with Crippen molar-refractivity contribution in [2.45, 2.75) is 55.2 Å². The van der Waals surface area contributed by atoms with E-state index in [9.17, 15) is 5.11 Å². The largest absolute Gasteiger partial charge is 0.394 e. The summed E-state index contributed by atoms with van der Waals surface area (Å²) >= 11 is 1.69. The van der Waals surface area contributed by atoms with Crippen LogP contribution < -0.4 is 4.90 Å². The van der Waals surface area contributed by atoms with Crippen molar-refractivity contribution in [2.75, 3.05) is 24.7 Å². The summed E-state index contributed by atoms with van der Waals surface area (Å²) in [7, 11) is 0. The molecule has 0 radical (unpaired) electrons. The molecule has 2 atom stereocenters. The van der Waals surface area contributed by atoms with Crippen LogP contribution in [0.2, 0.25) is 0 Å². The summed E-state index contributed by atoms with van der Waals surface area (Å²) in [5.74, 6) is 1.51. The number of aromatic nitrogens is 4. The number of ether oxygens (including phenoxy) is 1. The van der Waals surface area contributed by atoms with Crippen molar-refractivity contribution in [3.05, 3.63) is 42.2 Å². The summed E-state index contributed by atoms with van der Waals surface area (Å²) in [6.07, 6.45) is 7.06. The summed E-state index contributed by atoms with van der Waals surface area (Å²) in [5.41, 5.74) is 2.90. The molecule has 2 saturated heterocycles. The molecule has 2 fully saturated rings. The number of hydrogen-bond acceptors (Lipinski definition) is 7. The Bertz CT molecular complexity index is 990. The number of aliphatic hydroxyl groups excluding tert-OH is 1. The first-order valence-corrected chi connectivity index (χ1v) is 11.7. The van der Waals surface area contributed by atoms with Gasteiger partial charge < -0.3 is 14.7 Å². The van der Waals surface area contributed by atoms with E-state index in [1.165, 1.54) is 5.56 Å². The molecule has 4 heterocycles. The van der Waals surface area contributed by atoms with Gasteiger partial charge in [-0.15, -0.1) is 0 Å². The number of fused-ring (bicyclic) bond motifs is 1. The zero-order valence-corrected chi connectivity index (χ0v) is 17.8. The number of rotatable bonds is 6. The number of nitrogens with zero attached hydrogens (tertiary/aromatic N) is 5. The van der Waals surface area contributed by atoms with Crippen LogP contribution in [-0.4, -0.2) is 50.4 Å². The molecule has 5 rings (SSSR count). The van der Waals surface area contributed by atoms with E-state index in [1.807, 2.05) is 12.4 Å². The average molecular weight is 426 g/mol. The maximum atomic E-state index is 9.81. The summed E-state index contributed by atoms with van der Waals surface area (Å²) < 4.78 is 8.08. The lowest BCUT2D eigenvalue weighted by atomic mass is 10.2. The normalized spacial score (nSPS) is 22.1. The third kappa shape index (κ3) is 3.91. The predicted octanol–water partition coefficient (Wildman–Crippen LogP) is 3.78. The molecule has 1 unspecified atom stereocenters. The van der Waals surface area contributed by atoms with Gasteiger partial charge in [-0.1, -0.05) is 42.1 Å². The molecule has 1 N–H and O–H groups in total. The SMILES string of the molecule is OC[C@H]1CCCN1c1nc(SCc2ccccc2)c2ncn(C3CCCCO3)c2n1. The lowest BCUT2D eigenvalue weighted by molar-refractivity contribution is -0.0298. The van der Waals surface area contributed by atoms with Crippen LogP contribution in [0.15, 0.2) is 41.7 Å². The van der Waals surface area contributed by atoms with Crippen molar-refractivity contribution in [1.29, 1.82) is 0 Å². The average Bonchev–Trinajstić information content (AvgIpc) is 3.45. The molecule has 2 aliphatic rings. The molecular formula is C22H27N5O2S. The van der Waals surface area contributed by atoms with E-state index in [0.717, 1.165) is 67.2 Å². The smallest absolute Gasteiger partial charge is 0.228 e. The zero-order chi connectivity index (χ0) is 20.3. The van der Waals surface area contributed by atoms with Crippen LogP contribution in [0.4, 0.5) is 5.95 Å². The fraction of sp³-hybridized carbons (Fsp3) is 0.500. The van der Waals surface area contributed by atoms with Crippen LogP contribution in [0.25, 0.3) is 11.2 Å². The molecule has 2 aromatic heterocycles. The molecule has 2 aliphatic heterocycles. The van der Waals surface area contributed by atoms with Crippen molar-refractivity contribution in [3.63, 3.8) is 0 Å². The summed E-state index contributed by atoms with van der Waals surface area (Å²) in [5, 5.41) is 10.7. The quantitative estimate of drug-likeness (QED) is 0.476. The van der Waals surface area contributed by atoms with Gasteiger partial charge in [0.2, 0.25) is 5.95 Å². The standard InChI is InChI=1S/C22H27N5O2S/c28-13-17-9-6-11-26(17)22-24-20-19(23-15-27(20)18-10-4-5-12-29-18)21(25-22)30-14-16-7-2-1-3-8-16/h1-3,7-8,15,17-18,28H,4-6,9-14H2/t17-,18?/m1/s1. The van der Waals surface area contributed by atoms with Gasteiger partial charge in [-0.25, -0.2) is 9.97 Å². The number of aliphatic hydroxyl groups is 1. The van der Waals surface area contributed by atoms with Gasteiger partial charge >= 0.3 is 0 Å². The predicted molar refractivity (Wildman–Crippen MR) is 118 cm³/mol. The number of thioether (sulfide) groups is 1. The lowest BCUT2D eigenvalue weighted by Crippen LogP contribution is -2.33. The Labute approximate surface area is 180 Å². The van der Waals surface area contributed by atoms with Crippen LogP contribution in [0.1, 0.15) is 43.9 Å². The van der Waals surface area contributed by atoms with Crippen LogP contribution in [0.3, 0.4) is 0 Å². The van der Waals surface area contributed by atoms with Crippen molar-refractivity contribution in [3.8, 4) is 0 Å². The maximum Gasteiger partial charge on any atom is 0.228 e. The number of hydrogen-bond donors (Lipinski definition) is 1. The molecule has 0 aliphatic carbocycles. The first kappa shape index (κ1) is 19.8. The van der Waals surface area contributed by atoms with E-state index >= 15 is 0 Å². The Morgan fingerprint density at radius 2 is 2.00 bits per heavy atom. The van der Waals surface area contributed by atoms with Crippen LogP contribution >= 0.6 is 11.8 Å². The van der Waals surface area contributed by atoms with E-state index in [4.69, 9.17) is 14.7 Å². The summed E-state index contributed by atoms with van der Waals surface area (Å²) in [6, 6.07) is 10.5. The molecule has 0 spiro atoms. The molecule has 0 saturated carbocycles. The highest BCUT2D eigenvalue weighted by Gasteiger charge is 2.28. The molecule has 8 heteroatoms. The second-order valence-electron chi connectivity index (χ2n) is 7.92. The Morgan fingerprint density at radius 1 is 1.10 bits per heavy atom. The fourth-order valence-electron chi connectivity index (χ4n) is 4.28. The van der Waals surface area contributed by atoms with Gasteiger partial charge in [-0.05, 0) is 37.7 Å². The highest BCUT2D eigenvalue weighted by atomic mass is 32.2. The Balaban J connectivity index is 1.53. The van der Waals surface area contributed by atoms with Crippen LogP contribution in [0.5, 0.6) is 0 Å². The van der Waals surface area contributed by atoms with E-state index < -0.39 is 0 Å².